The maximum absolute atomic E-state index is 10.4. The van der Waals surface area contributed by atoms with E-state index in [1.54, 1.807) is 0 Å². The van der Waals surface area contributed by atoms with Crippen LogP contribution in [0.25, 0.3) is 0 Å². The molecule has 1 aromatic rings. The predicted molar refractivity (Wildman–Crippen MR) is 77.8 cm³/mol. The maximum Gasteiger partial charge on any atom is 0.0945 e. The first-order valence-electron chi connectivity index (χ1n) is 6.96. The van der Waals surface area contributed by atoms with Gasteiger partial charge in [-0.1, -0.05) is 52.0 Å². The summed E-state index contributed by atoms with van der Waals surface area (Å²) in [5.41, 5.74) is 2.34. The van der Waals surface area contributed by atoms with Crippen LogP contribution < -0.4 is 5.32 Å². The van der Waals surface area contributed by atoms with E-state index in [1.165, 1.54) is 5.56 Å². The number of aliphatic hydroxyl groups excluding tert-OH is 1. The Bertz CT molecular complexity index is 345. The molecule has 0 aliphatic carbocycles. The Morgan fingerprint density at radius 2 is 1.56 bits per heavy atom. The summed E-state index contributed by atoms with van der Waals surface area (Å²) in [7, 11) is 1.90. The monoisotopic (exact) mass is 249 g/mol. The third-order valence-corrected chi connectivity index (χ3v) is 3.85. The molecule has 2 nitrogen and oxygen atoms in total. The Labute approximate surface area is 111 Å². The minimum Gasteiger partial charge on any atom is -0.387 e. The Morgan fingerprint density at radius 3 is 1.94 bits per heavy atom. The predicted octanol–water partition coefficient (Wildman–Crippen LogP) is 3.48. The average molecular weight is 249 g/mol. The molecule has 0 aliphatic heterocycles. The van der Waals surface area contributed by atoms with E-state index in [2.05, 4.69) is 57.3 Å². The topological polar surface area (TPSA) is 32.3 Å². The zero-order valence-electron chi connectivity index (χ0n) is 12.3. The van der Waals surface area contributed by atoms with Crippen molar-refractivity contribution in [3.05, 3.63) is 35.4 Å². The molecule has 0 radical (unpaired) electrons. The van der Waals surface area contributed by atoms with Crippen LogP contribution in [0, 0.1) is 5.92 Å². The van der Waals surface area contributed by atoms with Crippen molar-refractivity contribution >= 4 is 0 Å². The van der Waals surface area contributed by atoms with Crippen molar-refractivity contribution in [3.8, 4) is 0 Å². The van der Waals surface area contributed by atoms with E-state index in [-0.39, 0.29) is 6.04 Å². The number of benzene rings is 1. The van der Waals surface area contributed by atoms with Crippen LogP contribution in [-0.2, 0) is 0 Å². The van der Waals surface area contributed by atoms with Crippen LogP contribution in [-0.4, -0.2) is 18.2 Å². The highest BCUT2D eigenvalue weighted by molar-refractivity contribution is 5.27. The van der Waals surface area contributed by atoms with E-state index in [9.17, 15) is 5.11 Å². The lowest BCUT2D eigenvalue weighted by Gasteiger charge is -2.26. The summed E-state index contributed by atoms with van der Waals surface area (Å²) >= 11 is 0. The molecule has 3 unspecified atom stereocenters. The van der Waals surface area contributed by atoms with Crippen molar-refractivity contribution in [2.24, 2.45) is 5.92 Å². The zero-order chi connectivity index (χ0) is 13.7. The molecule has 0 fully saturated rings. The lowest BCUT2D eigenvalue weighted by molar-refractivity contribution is 0.110. The quantitative estimate of drug-likeness (QED) is 0.809. The summed E-state index contributed by atoms with van der Waals surface area (Å²) in [6, 6.07) is 8.48. The summed E-state index contributed by atoms with van der Waals surface area (Å²) in [6.07, 6.45) is 0.702. The van der Waals surface area contributed by atoms with E-state index < -0.39 is 6.10 Å². The average Bonchev–Trinajstić information content (AvgIpc) is 2.38. The van der Waals surface area contributed by atoms with Crippen molar-refractivity contribution < 1.29 is 5.11 Å². The third-order valence-electron chi connectivity index (χ3n) is 3.85. The molecule has 0 heterocycles. The van der Waals surface area contributed by atoms with Crippen LogP contribution in [0.2, 0.25) is 0 Å². The Balaban J connectivity index is 2.84. The number of aliphatic hydroxyl groups is 1. The summed E-state index contributed by atoms with van der Waals surface area (Å²) in [5, 5.41) is 13.6. The van der Waals surface area contributed by atoms with Crippen molar-refractivity contribution in [1.29, 1.82) is 0 Å². The van der Waals surface area contributed by atoms with E-state index in [4.69, 9.17) is 0 Å². The molecule has 2 heteroatoms. The molecule has 0 aliphatic rings. The lowest BCUT2D eigenvalue weighted by atomic mass is 9.91. The normalized spacial score (nSPS) is 16.6. The number of likely N-dealkylation sites (N-methyl/N-ethyl adjacent to an activating group) is 1. The van der Waals surface area contributed by atoms with Gasteiger partial charge in [0.2, 0.25) is 0 Å². The van der Waals surface area contributed by atoms with E-state index >= 15 is 0 Å². The summed E-state index contributed by atoms with van der Waals surface area (Å²) in [4.78, 5) is 0. The van der Waals surface area contributed by atoms with Gasteiger partial charge in [-0.15, -0.1) is 0 Å². The van der Waals surface area contributed by atoms with Crippen molar-refractivity contribution in [2.45, 2.75) is 52.2 Å². The molecule has 1 rings (SSSR count). The van der Waals surface area contributed by atoms with Crippen LogP contribution in [0.1, 0.15) is 57.3 Å². The number of hydrogen-bond donors (Lipinski definition) is 2. The molecule has 18 heavy (non-hydrogen) atoms. The van der Waals surface area contributed by atoms with Gasteiger partial charge in [0.15, 0.2) is 0 Å². The number of rotatable bonds is 6. The fraction of sp³-hybridized carbons (Fsp3) is 0.625. The first-order valence-corrected chi connectivity index (χ1v) is 6.96. The Hall–Kier alpha value is -0.860. The molecular weight excluding hydrogens is 222 g/mol. The van der Waals surface area contributed by atoms with Crippen LogP contribution in [0.3, 0.4) is 0 Å². The first-order chi connectivity index (χ1) is 8.51. The van der Waals surface area contributed by atoms with Crippen LogP contribution in [0.15, 0.2) is 24.3 Å². The van der Waals surface area contributed by atoms with Gasteiger partial charge in [-0.05, 0) is 36.4 Å². The molecular formula is C16H27NO. The minimum atomic E-state index is -0.444. The maximum atomic E-state index is 10.4. The fourth-order valence-corrected chi connectivity index (χ4v) is 2.32. The molecule has 2 N–H and O–H groups in total. The zero-order valence-corrected chi connectivity index (χ0v) is 12.3. The SMILES string of the molecule is CCC(C)c1ccc(C(O)C(NC)C(C)C)cc1. The highest BCUT2D eigenvalue weighted by Crippen LogP contribution is 2.25. The smallest absolute Gasteiger partial charge is 0.0945 e. The summed E-state index contributed by atoms with van der Waals surface area (Å²) in [5.74, 6) is 0.987. The van der Waals surface area contributed by atoms with Crippen molar-refractivity contribution in [1.82, 2.24) is 5.32 Å². The Morgan fingerprint density at radius 1 is 1.06 bits per heavy atom. The van der Waals surface area contributed by atoms with Crippen LogP contribution >= 0.6 is 0 Å². The Kier molecular flexibility index (Phi) is 5.83. The van der Waals surface area contributed by atoms with Gasteiger partial charge in [-0.3, -0.25) is 0 Å². The lowest BCUT2D eigenvalue weighted by Crippen LogP contribution is -2.36. The van der Waals surface area contributed by atoms with E-state index in [1.807, 2.05) is 7.05 Å². The van der Waals surface area contributed by atoms with Crippen LogP contribution in [0.4, 0.5) is 0 Å². The molecule has 0 saturated carbocycles. The van der Waals surface area contributed by atoms with Crippen LogP contribution in [0.5, 0.6) is 0 Å². The van der Waals surface area contributed by atoms with E-state index in [0.717, 1.165) is 12.0 Å². The van der Waals surface area contributed by atoms with Gasteiger partial charge in [-0.25, -0.2) is 0 Å². The number of hydrogen-bond acceptors (Lipinski definition) is 2. The molecule has 1 aromatic carbocycles. The van der Waals surface area contributed by atoms with Gasteiger partial charge in [0.25, 0.3) is 0 Å². The molecule has 0 saturated heterocycles. The molecule has 3 atom stereocenters. The molecule has 0 amide bonds. The molecule has 102 valence electrons. The molecule has 0 spiro atoms. The second kappa shape index (κ2) is 6.91. The van der Waals surface area contributed by atoms with Crippen molar-refractivity contribution in [3.63, 3.8) is 0 Å². The highest BCUT2D eigenvalue weighted by atomic mass is 16.3. The van der Waals surface area contributed by atoms with Gasteiger partial charge >= 0.3 is 0 Å². The van der Waals surface area contributed by atoms with E-state index in [0.29, 0.717) is 11.8 Å². The highest BCUT2D eigenvalue weighted by Gasteiger charge is 2.22. The van der Waals surface area contributed by atoms with Gasteiger partial charge in [0.1, 0.15) is 0 Å². The first kappa shape index (κ1) is 15.2. The van der Waals surface area contributed by atoms with Gasteiger partial charge in [-0.2, -0.15) is 0 Å². The fourth-order valence-electron chi connectivity index (χ4n) is 2.32. The standard InChI is InChI=1S/C16H27NO/c1-6-12(4)13-7-9-14(10-8-13)16(18)15(17-5)11(2)3/h7-12,15-18H,6H2,1-5H3. The number of nitrogens with one attached hydrogen (secondary N) is 1. The molecule has 0 bridgehead atoms. The minimum absolute atomic E-state index is 0.0967. The molecule has 0 aromatic heterocycles. The summed E-state index contributed by atoms with van der Waals surface area (Å²) < 4.78 is 0. The third kappa shape index (κ3) is 3.56. The second-order valence-corrected chi connectivity index (χ2v) is 5.48. The van der Waals surface area contributed by atoms with Gasteiger partial charge < -0.3 is 10.4 Å². The largest absolute Gasteiger partial charge is 0.387 e. The summed E-state index contributed by atoms with van der Waals surface area (Å²) in [6.45, 7) is 8.68. The van der Waals surface area contributed by atoms with Gasteiger partial charge in [0, 0.05) is 6.04 Å². The van der Waals surface area contributed by atoms with Crippen molar-refractivity contribution in [2.75, 3.05) is 7.05 Å². The van der Waals surface area contributed by atoms with Gasteiger partial charge in [0.05, 0.1) is 6.10 Å². The second-order valence-electron chi connectivity index (χ2n) is 5.48.